The van der Waals surface area contributed by atoms with Gasteiger partial charge in [-0.3, -0.25) is 4.90 Å². The Balaban J connectivity index is 1.99. The van der Waals surface area contributed by atoms with Gasteiger partial charge in [0.15, 0.2) is 0 Å². The molecule has 1 aliphatic heterocycles. The third-order valence-corrected chi connectivity index (χ3v) is 3.86. The van der Waals surface area contributed by atoms with E-state index >= 15 is 0 Å². The maximum atomic E-state index is 10.1. The number of morpholine rings is 1. The van der Waals surface area contributed by atoms with Crippen LogP contribution in [0, 0.1) is 0 Å². The van der Waals surface area contributed by atoms with Crippen molar-refractivity contribution in [2.75, 3.05) is 19.8 Å². The molecule has 0 radical (unpaired) electrons. The van der Waals surface area contributed by atoms with Crippen LogP contribution in [0.25, 0.3) is 0 Å². The Morgan fingerprint density at radius 3 is 2.87 bits per heavy atom. The zero-order valence-corrected chi connectivity index (χ0v) is 9.69. The van der Waals surface area contributed by atoms with Gasteiger partial charge < -0.3 is 9.84 Å². The lowest BCUT2D eigenvalue weighted by Crippen LogP contribution is -2.55. The molecule has 1 N–H and O–H groups in total. The van der Waals surface area contributed by atoms with E-state index in [0.29, 0.717) is 12.1 Å². The first-order chi connectivity index (χ1) is 7.33. The lowest BCUT2D eigenvalue weighted by Gasteiger charge is -2.44. The van der Waals surface area contributed by atoms with Gasteiger partial charge in [0.1, 0.15) is 0 Å². The molecule has 1 saturated heterocycles. The smallest absolute Gasteiger partial charge is 0.0695 e. The van der Waals surface area contributed by atoms with E-state index in [1.165, 1.54) is 12.8 Å². The number of hydrogen-bond donors (Lipinski definition) is 1. The van der Waals surface area contributed by atoms with Gasteiger partial charge in [-0.05, 0) is 19.3 Å². The second kappa shape index (κ2) is 5.28. The van der Waals surface area contributed by atoms with E-state index in [1.54, 1.807) is 0 Å². The summed E-state index contributed by atoms with van der Waals surface area (Å²) in [5, 5.41) is 10.1. The fraction of sp³-hybridized carbons (Fsp3) is 1.00. The monoisotopic (exact) mass is 213 g/mol. The summed E-state index contributed by atoms with van der Waals surface area (Å²) in [5.41, 5.74) is 0. The maximum absolute atomic E-state index is 10.1. The van der Waals surface area contributed by atoms with E-state index in [1.807, 2.05) is 0 Å². The average Bonchev–Trinajstić information content (AvgIpc) is 2.30. The van der Waals surface area contributed by atoms with Crippen LogP contribution in [0.1, 0.15) is 39.0 Å². The number of nitrogens with zero attached hydrogens (tertiary/aromatic N) is 1. The van der Waals surface area contributed by atoms with Crippen LogP contribution in [0.2, 0.25) is 0 Å². The number of aliphatic hydroxyl groups excluding tert-OH is 1. The third-order valence-electron chi connectivity index (χ3n) is 3.86. The van der Waals surface area contributed by atoms with Gasteiger partial charge >= 0.3 is 0 Å². The fourth-order valence-corrected chi connectivity index (χ4v) is 2.94. The fourth-order valence-electron chi connectivity index (χ4n) is 2.94. The van der Waals surface area contributed by atoms with Crippen molar-refractivity contribution >= 4 is 0 Å². The molecule has 1 unspecified atom stereocenters. The molecule has 0 bridgehead atoms. The first kappa shape index (κ1) is 11.4. The predicted octanol–water partition coefficient (Wildman–Crippen LogP) is 1.40. The topological polar surface area (TPSA) is 32.7 Å². The summed E-state index contributed by atoms with van der Waals surface area (Å²) in [6.07, 6.45) is 5.64. The predicted molar refractivity (Wildman–Crippen MR) is 59.9 cm³/mol. The van der Waals surface area contributed by atoms with Crippen LogP contribution in [0.3, 0.4) is 0 Å². The highest BCUT2D eigenvalue weighted by Crippen LogP contribution is 2.26. The maximum Gasteiger partial charge on any atom is 0.0695 e. The van der Waals surface area contributed by atoms with Crippen LogP contribution < -0.4 is 0 Å². The van der Waals surface area contributed by atoms with Gasteiger partial charge in [0.05, 0.1) is 19.3 Å². The Morgan fingerprint density at radius 1 is 1.33 bits per heavy atom. The van der Waals surface area contributed by atoms with E-state index < -0.39 is 0 Å². The minimum absolute atomic E-state index is 0.106. The van der Waals surface area contributed by atoms with E-state index in [9.17, 15) is 5.11 Å². The zero-order chi connectivity index (χ0) is 10.7. The van der Waals surface area contributed by atoms with Gasteiger partial charge in [0, 0.05) is 18.6 Å². The first-order valence-electron chi connectivity index (χ1n) is 6.34. The second-order valence-electron chi connectivity index (χ2n) is 4.79. The number of rotatable bonds is 2. The van der Waals surface area contributed by atoms with Crippen LogP contribution in [0.5, 0.6) is 0 Å². The first-order valence-corrected chi connectivity index (χ1v) is 6.34. The van der Waals surface area contributed by atoms with Gasteiger partial charge in [0.2, 0.25) is 0 Å². The Bertz CT molecular complexity index is 198. The highest BCUT2D eigenvalue weighted by Gasteiger charge is 2.33. The van der Waals surface area contributed by atoms with Crippen LogP contribution in [0.15, 0.2) is 0 Å². The molecule has 0 aromatic rings. The number of ether oxygens (including phenoxy) is 1. The van der Waals surface area contributed by atoms with Gasteiger partial charge in [-0.2, -0.15) is 0 Å². The molecule has 1 heterocycles. The summed E-state index contributed by atoms with van der Waals surface area (Å²) in [5.74, 6) is 0. The largest absolute Gasteiger partial charge is 0.391 e. The van der Waals surface area contributed by atoms with Gasteiger partial charge in [-0.1, -0.05) is 19.8 Å². The summed E-state index contributed by atoms with van der Waals surface area (Å²) in [6.45, 7) is 4.89. The van der Waals surface area contributed by atoms with Crippen molar-refractivity contribution in [3.05, 3.63) is 0 Å². The molecule has 0 aromatic carbocycles. The van der Waals surface area contributed by atoms with Gasteiger partial charge in [0.25, 0.3) is 0 Å². The lowest BCUT2D eigenvalue weighted by molar-refractivity contribution is -0.0708. The van der Waals surface area contributed by atoms with E-state index in [2.05, 4.69) is 11.8 Å². The van der Waals surface area contributed by atoms with Crippen molar-refractivity contribution < 1.29 is 9.84 Å². The minimum Gasteiger partial charge on any atom is -0.391 e. The van der Waals surface area contributed by atoms with Crippen molar-refractivity contribution in [1.82, 2.24) is 4.90 Å². The molecule has 0 spiro atoms. The summed E-state index contributed by atoms with van der Waals surface area (Å²) in [7, 11) is 0. The SMILES string of the molecule is CCC1COCCN1[C@H]1CCCC[C@@H]1O. The van der Waals surface area contributed by atoms with Gasteiger partial charge in [-0.15, -0.1) is 0 Å². The van der Waals surface area contributed by atoms with E-state index in [4.69, 9.17) is 4.74 Å². The molecular weight excluding hydrogens is 190 g/mol. The molecule has 2 fully saturated rings. The van der Waals surface area contributed by atoms with Crippen molar-refractivity contribution in [3.63, 3.8) is 0 Å². The van der Waals surface area contributed by atoms with Crippen LogP contribution in [-0.2, 0) is 4.74 Å². The summed E-state index contributed by atoms with van der Waals surface area (Å²) < 4.78 is 5.51. The van der Waals surface area contributed by atoms with E-state index in [0.717, 1.165) is 39.0 Å². The van der Waals surface area contributed by atoms with Gasteiger partial charge in [-0.25, -0.2) is 0 Å². The van der Waals surface area contributed by atoms with Crippen molar-refractivity contribution in [1.29, 1.82) is 0 Å². The summed E-state index contributed by atoms with van der Waals surface area (Å²) >= 11 is 0. The minimum atomic E-state index is -0.106. The van der Waals surface area contributed by atoms with Crippen molar-refractivity contribution in [2.45, 2.75) is 57.2 Å². The Kier molecular flexibility index (Phi) is 4.00. The second-order valence-corrected chi connectivity index (χ2v) is 4.79. The van der Waals surface area contributed by atoms with Crippen LogP contribution in [0.4, 0.5) is 0 Å². The van der Waals surface area contributed by atoms with Crippen molar-refractivity contribution in [2.24, 2.45) is 0 Å². The molecule has 2 rings (SSSR count). The molecule has 3 heteroatoms. The van der Waals surface area contributed by atoms with Crippen molar-refractivity contribution in [3.8, 4) is 0 Å². The molecule has 0 aromatic heterocycles. The molecule has 3 nitrogen and oxygen atoms in total. The molecule has 0 amide bonds. The van der Waals surface area contributed by atoms with Crippen LogP contribution >= 0.6 is 0 Å². The summed E-state index contributed by atoms with van der Waals surface area (Å²) in [6, 6.07) is 0.920. The molecule has 1 aliphatic carbocycles. The highest BCUT2D eigenvalue weighted by molar-refractivity contribution is 4.88. The van der Waals surface area contributed by atoms with E-state index in [-0.39, 0.29) is 6.10 Å². The normalized spacial score (nSPS) is 39.2. The molecular formula is C12H23NO2. The third kappa shape index (κ3) is 2.52. The number of hydrogen-bond acceptors (Lipinski definition) is 3. The Morgan fingerprint density at radius 2 is 2.13 bits per heavy atom. The summed E-state index contributed by atoms with van der Waals surface area (Å²) in [4.78, 5) is 2.49. The lowest BCUT2D eigenvalue weighted by atomic mass is 9.90. The molecule has 2 aliphatic rings. The Labute approximate surface area is 92.4 Å². The Hall–Kier alpha value is -0.120. The van der Waals surface area contributed by atoms with Crippen LogP contribution in [-0.4, -0.2) is 48.0 Å². The number of aliphatic hydroxyl groups is 1. The zero-order valence-electron chi connectivity index (χ0n) is 9.69. The molecule has 3 atom stereocenters. The molecule has 1 saturated carbocycles. The highest BCUT2D eigenvalue weighted by atomic mass is 16.5. The average molecular weight is 213 g/mol. The molecule has 15 heavy (non-hydrogen) atoms. The quantitative estimate of drug-likeness (QED) is 0.752. The molecule has 88 valence electrons. The standard InChI is InChI=1S/C12H23NO2/c1-2-10-9-15-8-7-13(10)11-5-3-4-6-12(11)14/h10-12,14H,2-9H2,1H3/t10?,11-,12-/m0/s1.